The van der Waals surface area contributed by atoms with Gasteiger partial charge in [-0.15, -0.1) is 0 Å². The van der Waals surface area contributed by atoms with Gasteiger partial charge in [-0.3, -0.25) is 14.0 Å². The van der Waals surface area contributed by atoms with Crippen molar-refractivity contribution in [3.05, 3.63) is 52.3 Å². The summed E-state index contributed by atoms with van der Waals surface area (Å²) >= 11 is 0. The average Bonchev–Trinajstić information content (AvgIpc) is 3.12. The molecule has 4 heterocycles. The first-order valence-electron chi connectivity index (χ1n) is 12.0. The van der Waals surface area contributed by atoms with Crippen LogP contribution >= 0.6 is 0 Å². The summed E-state index contributed by atoms with van der Waals surface area (Å²) < 4.78 is 28.5. The SMILES string of the molecule is CC(C)Oc1nc2nc([C@@]34CC[C@@](C)(C3)OC4)cn2cc1C(=O)Nc1cccn([C@H]2C[C@H]2F)c1=O. The molecule has 1 amide bonds. The lowest BCUT2D eigenvalue weighted by Gasteiger charge is -2.24. The number of imidazole rings is 1. The standard InChI is InChI=1S/C25H28FN5O4/c1-14(2)35-21-15(20(32)27-17-5-4-8-31(22(17)33)18-9-16(18)26)10-30-11-19(28-23(30)29-21)25-7-6-24(3,12-25)34-13-25/h4-5,8,10-11,14,16,18H,6-7,9,12-13H2,1-3H3,(H,27,32)/t16-,18+,24+,25+/m1/s1. The Labute approximate surface area is 201 Å². The molecule has 35 heavy (non-hydrogen) atoms. The van der Waals surface area contributed by atoms with Crippen LogP contribution in [-0.2, 0) is 10.2 Å². The van der Waals surface area contributed by atoms with Crippen LogP contribution in [0.3, 0.4) is 0 Å². The lowest BCUT2D eigenvalue weighted by molar-refractivity contribution is -0.00627. The molecule has 3 aromatic rings. The number of carbonyl (C=O) groups is 1. The Hall–Kier alpha value is -3.27. The summed E-state index contributed by atoms with van der Waals surface area (Å²) in [6, 6.07) is 2.65. The fourth-order valence-electron chi connectivity index (χ4n) is 5.37. The van der Waals surface area contributed by atoms with Gasteiger partial charge in [0.25, 0.3) is 11.5 Å². The van der Waals surface area contributed by atoms with Crippen LogP contribution in [-0.4, -0.2) is 49.3 Å². The number of pyridine rings is 1. The van der Waals surface area contributed by atoms with Crippen molar-refractivity contribution in [3.8, 4) is 5.88 Å². The number of fused-ring (bicyclic) bond motifs is 3. The van der Waals surface area contributed by atoms with E-state index in [-0.39, 0.29) is 34.3 Å². The average molecular weight is 482 g/mol. The van der Waals surface area contributed by atoms with E-state index >= 15 is 0 Å². The fraction of sp³-hybridized carbons (Fsp3) is 0.520. The number of aromatic nitrogens is 4. The number of nitrogens with one attached hydrogen (secondary N) is 1. The van der Waals surface area contributed by atoms with Gasteiger partial charge in [0.2, 0.25) is 11.7 Å². The lowest BCUT2D eigenvalue weighted by Crippen LogP contribution is -2.26. The summed E-state index contributed by atoms with van der Waals surface area (Å²) in [4.78, 5) is 35.4. The van der Waals surface area contributed by atoms with Crippen molar-refractivity contribution in [1.82, 2.24) is 18.9 Å². The predicted octanol–water partition coefficient (Wildman–Crippen LogP) is 3.42. The van der Waals surface area contributed by atoms with E-state index in [2.05, 4.69) is 17.2 Å². The highest BCUT2D eigenvalue weighted by atomic mass is 19.1. The number of alkyl halides is 1. The smallest absolute Gasteiger partial charge is 0.274 e. The van der Waals surface area contributed by atoms with Crippen LogP contribution in [0.4, 0.5) is 10.1 Å². The van der Waals surface area contributed by atoms with Crippen LogP contribution in [0.1, 0.15) is 68.5 Å². The van der Waals surface area contributed by atoms with Crippen LogP contribution in [0.5, 0.6) is 5.88 Å². The minimum absolute atomic E-state index is 0.0748. The normalized spacial score (nSPS) is 29.2. The quantitative estimate of drug-likeness (QED) is 0.579. The number of hydrogen-bond acceptors (Lipinski definition) is 6. The zero-order chi connectivity index (χ0) is 24.5. The van der Waals surface area contributed by atoms with Crippen molar-refractivity contribution >= 4 is 17.4 Å². The number of ether oxygens (including phenoxy) is 2. The topological polar surface area (TPSA) is 99.8 Å². The maximum atomic E-state index is 13.5. The first kappa shape index (κ1) is 22.2. The van der Waals surface area contributed by atoms with E-state index in [1.165, 1.54) is 16.8 Å². The van der Waals surface area contributed by atoms with Crippen LogP contribution in [0.15, 0.2) is 35.5 Å². The van der Waals surface area contributed by atoms with Crippen LogP contribution in [0.25, 0.3) is 5.78 Å². The highest BCUT2D eigenvalue weighted by Crippen LogP contribution is 2.53. The van der Waals surface area contributed by atoms with E-state index in [4.69, 9.17) is 14.5 Å². The molecule has 184 valence electrons. The number of rotatable bonds is 6. The molecule has 0 unspecified atom stereocenters. The van der Waals surface area contributed by atoms with Gasteiger partial charge in [0.1, 0.15) is 17.4 Å². The Morgan fingerprint density at radius 2 is 2.11 bits per heavy atom. The van der Waals surface area contributed by atoms with E-state index in [0.29, 0.717) is 18.8 Å². The van der Waals surface area contributed by atoms with Crippen LogP contribution < -0.4 is 15.6 Å². The molecule has 3 aliphatic rings. The third kappa shape index (κ3) is 3.71. The van der Waals surface area contributed by atoms with E-state index in [1.54, 1.807) is 16.7 Å². The van der Waals surface area contributed by atoms with E-state index in [1.807, 2.05) is 20.0 Å². The number of hydrogen-bond donors (Lipinski definition) is 1. The number of amides is 1. The Kier molecular flexibility index (Phi) is 4.83. The summed E-state index contributed by atoms with van der Waals surface area (Å²) in [6.45, 7) is 6.45. The number of anilines is 1. The molecule has 9 nitrogen and oxygen atoms in total. The summed E-state index contributed by atoms with van der Waals surface area (Å²) in [5, 5.41) is 2.67. The van der Waals surface area contributed by atoms with Crippen LogP contribution in [0.2, 0.25) is 0 Å². The monoisotopic (exact) mass is 481 g/mol. The Morgan fingerprint density at radius 3 is 2.74 bits per heavy atom. The van der Waals surface area contributed by atoms with Crippen molar-refractivity contribution in [2.24, 2.45) is 0 Å². The molecule has 10 heteroatoms. The van der Waals surface area contributed by atoms with E-state index < -0.39 is 23.7 Å². The highest BCUT2D eigenvalue weighted by Gasteiger charge is 2.55. The minimum atomic E-state index is -1.03. The maximum Gasteiger partial charge on any atom is 0.274 e. The molecule has 1 N–H and O–H groups in total. The molecule has 2 aliphatic carbocycles. The molecule has 1 aliphatic heterocycles. The molecule has 6 rings (SSSR count). The first-order chi connectivity index (χ1) is 16.7. The van der Waals surface area contributed by atoms with Gasteiger partial charge < -0.3 is 19.4 Å². The van der Waals surface area contributed by atoms with Gasteiger partial charge in [-0.1, -0.05) is 0 Å². The van der Waals surface area contributed by atoms with Gasteiger partial charge in [0.15, 0.2) is 0 Å². The molecule has 1 saturated heterocycles. The molecule has 0 radical (unpaired) electrons. The Balaban J connectivity index is 1.35. The third-order valence-electron chi connectivity index (χ3n) is 7.35. The highest BCUT2D eigenvalue weighted by molar-refractivity contribution is 6.05. The summed E-state index contributed by atoms with van der Waals surface area (Å²) in [5.74, 6) is 0.0382. The molecule has 3 fully saturated rings. The molecule has 2 bridgehead atoms. The fourth-order valence-corrected chi connectivity index (χ4v) is 5.37. The zero-order valence-corrected chi connectivity index (χ0v) is 20.0. The second kappa shape index (κ2) is 7.61. The number of carbonyl (C=O) groups excluding carboxylic acids is 1. The lowest BCUT2D eigenvalue weighted by atomic mass is 9.84. The van der Waals surface area contributed by atoms with Crippen molar-refractivity contribution < 1.29 is 18.7 Å². The van der Waals surface area contributed by atoms with Gasteiger partial charge in [0.05, 0.1) is 30.0 Å². The minimum Gasteiger partial charge on any atom is -0.474 e. The summed E-state index contributed by atoms with van der Waals surface area (Å²) in [5.41, 5.74) is 0.458. The van der Waals surface area contributed by atoms with Crippen molar-refractivity contribution in [1.29, 1.82) is 0 Å². The van der Waals surface area contributed by atoms with Crippen molar-refractivity contribution in [3.63, 3.8) is 0 Å². The van der Waals surface area contributed by atoms with Gasteiger partial charge in [-0.2, -0.15) is 4.98 Å². The van der Waals surface area contributed by atoms with Gasteiger partial charge >= 0.3 is 0 Å². The second-order valence-electron chi connectivity index (χ2n) is 10.6. The van der Waals surface area contributed by atoms with Crippen molar-refractivity contribution in [2.45, 2.75) is 75.8 Å². The molecule has 2 saturated carbocycles. The van der Waals surface area contributed by atoms with Crippen molar-refractivity contribution in [2.75, 3.05) is 11.9 Å². The van der Waals surface area contributed by atoms with Gasteiger partial charge in [-0.25, -0.2) is 9.37 Å². The summed E-state index contributed by atoms with van der Waals surface area (Å²) in [6.07, 6.45) is 7.01. The molecule has 0 aromatic carbocycles. The van der Waals surface area contributed by atoms with Gasteiger partial charge in [-0.05, 0) is 52.2 Å². The Bertz CT molecular complexity index is 1390. The molecular weight excluding hydrogens is 453 g/mol. The van der Waals surface area contributed by atoms with Gasteiger partial charge in [0, 0.05) is 30.4 Å². The maximum absolute atomic E-state index is 13.5. The van der Waals surface area contributed by atoms with E-state index in [0.717, 1.165) is 25.0 Å². The first-order valence-corrected chi connectivity index (χ1v) is 12.0. The van der Waals surface area contributed by atoms with E-state index in [9.17, 15) is 14.0 Å². The Morgan fingerprint density at radius 1 is 1.31 bits per heavy atom. The number of halogens is 1. The van der Waals surface area contributed by atoms with Crippen LogP contribution in [0, 0.1) is 0 Å². The molecule has 0 spiro atoms. The zero-order valence-electron chi connectivity index (χ0n) is 20.0. The predicted molar refractivity (Wildman–Crippen MR) is 126 cm³/mol. The summed E-state index contributed by atoms with van der Waals surface area (Å²) in [7, 11) is 0. The largest absolute Gasteiger partial charge is 0.474 e. The molecule has 3 aromatic heterocycles. The molecule has 4 atom stereocenters. The molecular formula is C25H28FN5O4. The third-order valence-corrected chi connectivity index (χ3v) is 7.35. The number of nitrogens with zero attached hydrogens (tertiary/aromatic N) is 4. The second-order valence-corrected chi connectivity index (χ2v) is 10.6.